The molecule has 24 heavy (non-hydrogen) atoms. The topological polar surface area (TPSA) is 90.6 Å². The van der Waals surface area contributed by atoms with Crippen molar-refractivity contribution in [2.75, 3.05) is 12.1 Å². The summed E-state index contributed by atoms with van der Waals surface area (Å²) >= 11 is 0.697. The fourth-order valence-electron chi connectivity index (χ4n) is 2.04. The molecule has 124 valence electrons. The highest BCUT2D eigenvalue weighted by molar-refractivity contribution is 7.18. The van der Waals surface area contributed by atoms with Crippen LogP contribution in [-0.4, -0.2) is 32.5 Å². The van der Waals surface area contributed by atoms with Crippen LogP contribution in [0.4, 0.5) is 18.9 Å². The number of hydrogen-bond acceptors (Lipinski definition) is 7. The number of aromatic nitrogens is 4. The first-order valence-electron chi connectivity index (χ1n) is 6.42. The lowest BCUT2D eigenvalue weighted by molar-refractivity contribution is -0.146. The number of carbonyl (C=O) groups is 1. The third kappa shape index (κ3) is 2.40. The van der Waals surface area contributed by atoms with Crippen LogP contribution in [0.1, 0.15) is 15.6 Å². The molecule has 0 saturated heterocycles. The lowest BCUT2D eigenvalue weighted by Gasteiger charge is -2.04. The van der Waals surface area contributed by atoms with Crippen LogP contribution < -0.4 is 14.8 Å². The summed E-state index contributed by atoms with van der Waals surface area (Å²) in [7, 11) is 0. The number of fused-ring (bicyclic) bond motifs is 2. The lowest BCUT2D eigenvalue weighted by Crippen LogP contribution is -2.14. The zero-order chi connectivity index (χ0) is 16.9. The van der Waals surface area contributed by atoms with Crippen molar-refractivity contribution in [2.24, 2.45) is 0 Å². The van der Waals surface area contributed by atoms with Crippen LogP contribution in [0.15, 0.2) is 18.2 Å². The smallest absolute Gasteiger partial charge is 0.453 e. The van der Waals surface area contributed by atoms with Crippen LogP contribution >= 0.6 is 11.3 Å². The average molecular weight is 357 g/mol. The maximum Gasteiger partial charge on any atom is 0.453 e. The number of alkyl halides is 3. The van der Waals surface area contributed by atoms with E-state index in [1.807, 2.05) is 0 Å². The number of halogens is 3. The van der Waals surface area contributed by atoms with Gasteiger partial charge in [0.25, 0.3) is 11.7 Å². The zero-order valence-corrected chi connectivity index (χ0v) is 12.3. The van der Waals surface area contributed by atoms with E-state index in [0.717, 1.165) is 0 Å². The number of nitrogens with zero attached hydrogens (tertiary/aromatic N) is 4. The van der Waals surface area contributed by atoms with Gasteiger partial charge in [-0.25, -0.2) is 0 Å². The van der Waals surface area contributed by atoms with E-state index in [4.69, 9.17) is 9.47 Å². The van der Waals surface area contributed by atoms with E-state index in [2.05, 4.69) is 20.6 Å². The summed E-state index contributed by atoms with van der Waals surface area (Å²) in [5.74, 6) is -0.944. The first kappa shape index (κ1) is 14.7. The van der Waals surface area contributed by atoms with Crippen LogP contribution in [0, 0.1) is 0 Å². The van der Waals surface area contributed by atoms with Crippen LogP contribution in [0.5, 0.6) is 11.5 Å². The van der Waals surface area contributed by atoms with Gasteiger partial charge in [-0.2, -0.15) is 17.7 Å². The van der Waals surface area contributed by atoms with Gasteiger partial charge in [-0.3, -0.25) is 4.79 Å². The SMILES string of the molecule is O=C(Nc1ccc2c(c1)OCO2)c1nn2c(C(F)(F)F)nnc2s1. The normalized spacial score (nSPS) is 13.5. The molecule has 1 amide bonds. The second-order valence-corrected chi connectivity index (χ2v) is 5.60. The third-order valence-electron chi connectivity index (χ3n) is 3.07. The second-order valence-electron chi connectivity index (χ2n) is 4.65. The van der Waals surface area contributed by atoms with Gasteiger partial charge in [0.05, 0.1) is 0 Å². The summed E-state index contributed by atoms with van der Waals surface area (Å²) in [5.41, 5.74) is 0.395. The van der Waals surface area contributed by atoms with Gasteiger partial charge in [-0.1, -0.05) is 11.3 Å². The Morgan fingerprint density at radius 1 is 1.25 bits per heavy atom. The fourth-order valence-corrected chi connectivity index (χ4v) is 2.78. The first-order valence-corrected chi connectivity index (χ1v) is 7.24. The number of amides is 1. The van der Waals surface area contributed by atoms with Crippen molar-refractivity contribution in [1.82, 2.24) is 19.8 Å². The van der Waals surface area contributed by atoms with Gasteiger partial charge in [0, 0.05) is 11.8 Å². The van der Waals surface area contributed by atoms with E-state index in [-0.39, 0.29) is 16.8 Å². The lowest BCUT2D eigenvalue weighted by atomic mass is 10.3. The Bertz CT molecular complexity index is 951. The number of benzene rings is 1. The molecule has 2 aromatic heterocycles. The van der Waals surface area contributed by atoms with Gasteiger partial charge in [0.2, 0.25) is 16.8 Å². The quantitative estimate of drug-likeness (QED) is 0.756. The van der Waals surface area contributed by atoms with E-state index >= 15 is 0 Å². The van der Waals surface area contributed by atoms with E-state index in [1.165, 1.54) is 0 Å². The standard InChI is InChI=1S/C12H6F3N5O3S/c13-12(14,15)10-17-18-11-20(10)19-9(24-11)8(21)16-5-1-2-6-7(3-5)23-4-22-6/h1-3H,4H2,(H,16,21). The molecule has 3 heterocycles. The van der Waals surface area contributed by atoms with Crippen molar-refractivity contribution in [3.8, 4) is 11.5 Å². The Hall–Kier alpha value is -2.89. The van der Waals surface area contributed by atoms with Gasteiger partial charge >= 0.3 is 6.18 Å². The summed E-state index contributed by atoms with van der Waals surface area (Å²) in [6, 6.07) is 4.73. The summed E-state index contributed by atoms with van der Waals surface area (Å²) in [4.78, 5) is 12.0. The Kier molecular flexibility index (Phi) is 3.09. The number of carbonyl (C=O) groups excluding carboxylic acids is 1. The monoisotopic (exact) mass is 357 g/mol. The minimum absolute atomic E-state index is 0.0869. The summed E-state index contributed by atoms with van der Waals surface area (Å²) in [6.45, 7) is 0.0869. The average Bonchev–Trinajstić information content (AvgIpc) is 3.19. The van der Waals surface area contributed by atoms with Crippen LogP contribution in [0.3, 0.4) is 0 Å². The van der Waals surface area contributed by atoms with Crippen molar-refractivity contribution in [3.05, 3.63) is 29.0 Å². The van der Waals surface area contributed by atoms with E-state index in [1.54, 1.807) is 18.2 Å². The molecule has 3 aromatic rings. The summed E-state index contributed by atoms with van der Waals surface area (Å²) in [5, 5.41) is 12.4. The maximum atomic E-state index is 12.8. The molecule has 12 heteroatoms. The minimum atomic E-state index is -4.71. The summed E-state index contributed by atoms with van der Waals surface area (Å²) < 4.78 is 49.1. The van der Waals surface area contributed by atoms with Crippen molar-refractivity contribution >= 4 is 27.9 Å². The second kappa shape index (κ2) is 5.06. The molecule has 1 aromatic carbocycles. The van der Waals surface area contributed by atoms with Gasteiger partial charge in [-0.05, 0) is 12.1 Å². The van der Waals surface area contributed by atoms with Crippen LogP contribution in [0.2, 0.25) is 0 Å². The molecule has 0 unspecified atom stereocenters. The highest BCUT2D eigenvalue weighted by Gasteiger charge is 2.38. The molecular weight excluding hydrogens is 351 g/mol. The highest BCUT2D eigenvalue weighted by Crippen LogP contribution is 2.34. The Labute approximate surface area is 134 Å². The molecule has 0 aliphatic carbocycles. The van der Waals surface area contributed by atoms with Gasteiger partial charge in [-0.15, -0.1) is 15.3 Å². The van der Waals surface area contributed by atoms with Crippen LogP contribution in [0.25, 0.3) is 4.96 Å². The molecule has 0 spiro atoms. The predicted molar refractivity (Wildman–Crippen MR) is 74.2 cm³/mol. The molecule has 0 atom stereocenters. The maximum absolute atomic E-state index is 12.8. The molecule has 8 nitrogen and oxygen atoms in total. The van der Waals surface area contributed by atoms with Crippen molar-refractivity contribution in [1.29, 1.82) is 0 Å². The van der Waals surface area contributed by atoms with Crippen molar-refractivity contribution in [3.63, 3.8) is 0 Å². The van der Waals surface area contributed by atoms with Crippen molar-refractivity contribution < 1.29 is 27.4 Å². The largest absolute Gasteiger partial charge is 0.454 e. The Morgan fingerprint density at radius 3 is 2.83 bits per heavy atom. The molecule has 1 N–H and O–H groups in total. The third-order valence-corrected chi connectivity index (χ3v) is 3.97. The van der Waals surface area contributed by atoms with Crippen LogP contribution in [-0.2, 0) is 6.18 Å². The molecule has 4 rings (SSSR count). The fraction of sp³-hybridized carbons (Fsp3) is 0.167. The Morgan fingerprint density at radius 2 is 2.04 bits per heavy atom. The number of ether oxygens (including phenoxy) is 2. The molecule has 0 fully saturated rings. The summed E-state index contributed by atoms with van der Waals surface area (Å²) in [6.07, 6.45) is -4.71. The number of nitrogens with one attached hydrogen (secondary N) is 1. The van der Waals surface area contributed by atoms with E-state index in [0.29, 0.717) is 33.0 Å². The molecule has 1 aliphatic heterocycles. The molecule has 0 bridgehead atoms. The molecule has 0 radical (unpaired) electrons. The van der Waals surface area contributed by atoms with Gasteiger partial charge in [0.1, 0.15) is 0 Å². The predicted octanol–water partition coefficient (Wildman–Crippen LogP) is 2.19. The van der Waals surface area contributed by atoms with Gasteiger partial charge < -0.3 is 14.8 Å². The number of hydrogen-bond donors (Lipinski definition) is 1. The minimum Gasteiger partial charge on any atom is -0.454 e. The molecular formula is C12H6F3N5O3S. The zero-order valence-electron chi connectivity index (χ0n) is 11.5. The molecule has 0 saturated carbocycles. The van der Waals surface area contributed by atoms with E-state index < -0.39 is 17.9 Å². The highest BCUT2D eigenvalue weighted by atomic mass is 32.1. The molecule has 1 aliphatic rings. The Balaban J connectivity index is 1.60. The van der Waals surface area contributed by atoms with E-state index in [9.17, 15) is 18.0 Å². The van der Waals surface area contributed by atoms with Crippen molar-refractivity contribution in [2.45, 2.75) is 6.18 Å². The number of rotatable bonds is 2. The first-order chi connectivity index (χ1) is 11.4. The number of anilines is 1. The van der Waals surface area contributed by atoms with Gasteiger partial charge in [0.15, 0.2) is 11.5 Å².